The van der Waals surface area contributed by atoms with Crippen molar-refractivity contribution < 1.29 is 29.0 Å². The number of esters is 1. The van der Waals surface area contributed by atoms with Gasteiger partial charge in [-0.25, -0.2) is 9.59 Å². The number of ether oxygens (including phenoxy) is 2. The van der Waals surface area contributed by atoms with E-state index in [9.17, 15) is 19.5 Å². The summed E-state index contributed by atoms with van der Waals surface area (Å²) in [5.41, 5.74) is 4.30. The van der Waals surface area contributed by atoms with Gasteiger partial charge in [-0.15, -0.1) is 0 Å². The van der Waals surface area contributed by atoms with E-state index in [4.69, 9.17) is 9.47 Å². The second-order valence-corrected chi connectivity index (χ2v) is 6.37. The van der Waals surface area contributed by atoms with Crippen LogP contribution < -0.4 is 5.32 Å². The van der Waals surface area contributed by atoms with Gasteiger partial charge < -0.3 is 19.9 Å². The molecule has 7 nitrogen and oxygen atoms in total. The van der Waals surface area contributed by atoms with Crippen molar-refractivity contribution in [3.05, 3.63) is 59.7 Å². The van der Waals surface area contributed by atoms with Gasteiger partial charge in [0.2, 0.25) is 0 Å². The smallest absolute Gasteiger partial charge is 0.407 e. The molecule has 1 amide bonds. The van der Waals surface area contributed by atoms with Gasteiger partial charge in [0.1, 0.15) is 12.6 Å². The predicted octanol–water partition coefficient (Wildman–Crippen LogP) is 2.93. The number of alkyl carbamates (subject to hydrolysis) is 1. The molecule has 0 saturated heterocycles. The van der Waals surface area contributed by atoms with Crippen molar-refractivity contribution in [2.75, 3.05) is 13.2 Å². The highest BCUT2D eigenvalue weighted by molar-refractivity contribution is 5.85. The Morgan fingerprint density at radius 2 is 1.57 bits per heavy atom. The molecule has 7 heteroatoms. The van der Waals surface area contributed by atoms with Crippen LogP contribution in [0, 0.1) is 0 Å². The molecule has 0 unspecified atom stereocenters. The van der Waals surface area contributed by atoms with E-state index in [0.717, 1.165) is 22.3 Å². The first-order valence-electron chi connectivity index (χ1n) is 9.01. The van der Waals surface area contributed by atoms with E-state index < -0.39 is 30.5 Å². The Bertz CT molecular complexity index is 848. The minimum atomic E-state index is -1.41. The van der Waals surface area contributed by atoms with Gasteiger partial charge in [-0.05, 0) is 29.2 Å². The molecule has 1 aliphatic carbocycles. The maximum Gasteiger partial charge on any atom is 0.407 e. The van der Waals surface area contributed by atoms with E-state index in [1.807, 2.05) is 48.5 Å². The summed E-state index contributed by atoms with van der Waals surface area (Å²) in [6.07, 6.45) is -1.36. The number of rotatable bonds is 7. The molecule has 1 atom stereocenters. The summed E-state index contributed by atoms with van der Waals surface area (Å²) in [5, 5.41) is 11.4. The summed E-state index contributed by atoms with van der Waals surface area (Å²) in [6.45, 7) is 1.81. The number of carboxylic acids is 1. The summed E-state index contributed by atoms with van der Waals surface area (Å²) >= 11 is 0. The average molecular weight is 383 g/mol. The molecule has 2 N–H and O–H groups in total. The number of hydrogen-bond donors (Lipinski definition) is 2. The Balaban J connectivity index is 1.66. The topological polar surface area (TPSA) is 102 Å². The molecular formula is C21H21NO6. The Morgan fingerprint density at radius 3 is 2.11 bits per heavy atom. The van der Waals surface area contributed by atoms with Crippen molar-refractivity contribution >= 4 is 18.0 Å². The Kier molecular flexibility index (Phi) is 5.93. The van der Waals surface area contributed by atoms with Crippen LogP contribution in [0.5, 0.6) is 0 Å². The molecule has 28 heavy (non-hydrogen) atoms. The number of carbonyl (C=O) groups is 3. The van der Waals surface area contributed by atoms with E-state index >= 15 is 0 Å². The molecule has 0 saturated carbocycles. The summed E-state index contributed by atoms with van der Waals surface area (Å²) in [6, 6.07) is 14.4. The van der Waals surface area contributed by atoms with Gasteiger partial charge in [-0.1, -0.05) is 48.5 Å². The maximum absolute atomic E-state index is 12.1. The lowest BCUT2D eigenvalue weighted by Crippen LogP contribution is -2.43. The van der Waals surface area contributed by atoms with Crippen molar-refractivity contribution in [2.45, 2.75) is 25.3 Å². The maximum atomic E-state index is 12.1. The van der Waals surface area contributed by atoms with Crippen molar-refractivity contribution in [3.8, 4) is 11.1 Å². The largest absolute Gasteiger partial charge is 0.480 e. The zero-order chi connectivity index (χ0) is 20.1. The van der Waals surface area contributed by atoms with Crippen LogP contribution in [0.2, 0.25) is 0 Å². The number of amides is 1. The number of aliphatic carboxylic acids is 1. The molecule has 0 aliphatic heterocycles. The minimum absolute atomic E-state index is 0.0611. The number of nitrogens with one attached hydrogen (secondary N) is 1. The molecule has 0 aromatic heterocycles. The van der Waals surface area contributed by atoms with E-state index in [-0.39, 0.29) is 19.1 Å². The number of carbonyl (C=O) groups excluding carboxylic acids is 2. The molecule has 2 aromatic carbocycles. The third-order valence-corrected chi connectivity index (χ3v) is 4.61. The molecule has 1 aliphatic rings. The number of benzene rings is 2. The standard InChI is InChI=1S/C21H21NO6/c1-2-27-19(23)11-18(20(24)25)22-21(26)28-12-17-15-9-5-3-7-13(15)14-8-4-6-10-16(14)17/h3-10,17-18H,2,11-12H2,1H3,(H,22,26)(H,24,25)/t18-/m0/s1. The highest BCUT2D eigenvalue weighted by atomic mass is 16.6. The number of hydrogen-bond acceptors (Lipinski definition) is 5. The van der Waals surface area contributed by atoms with Crippen molar-refractivity contribution in [2.24, 2.45) is 0 Å². The minimum Gasteiger partial charge on any atom is -0.480 e. The van der Waals surface area contributed by atoms with Crippen LogP contribution in [0.4, 0.5) is 4.79 Å². The van der Waals surface area contributed by atoms with Gasteiger partial charge >= 0.3 is 18.0 Å². The van der Waals surface area contributed by atoms with Crippen LogP contribution >= 0.6 is 0 Å². The molecule has 2 aromatic rings. The third kappa shape index (κ3) is 4.14. The van der Waals surface area contributed by atoms with E-state index in [2.05, 4.69) is 5.32 Å². The van der Waals surface area contributed by atoms with E-state index in [0.29, 0.717) is 0 Å². The second kappa shape index (κ2) is 8.56. The summed E-state index contributed by atoms with van der Waals surface area (Å²) in [7, 11) is 0. The monoisotopic (exact) mass is 383 g/mol. The highest BCUT2D eigenvalue weighted by Crippen LogP contribution is 2.44. The third-order valence-electron chi connectivity index (χ3n) is 4.61. The van der Waals surface area contributed by atoms with Gasteiger partial charge in [-0.2, -0.15) is 0 Å². The molecule has 146 valence electrons. The van der Waals surface area contributed by atoms with E-state index in [1.54, 1.807) is 6.92 Å². The van der Waals surface area contributed by atoms with Crippen LogP contribution in [-0.4, -0.2) is 42.4 Å². The van der Waals surface area contributed by atoms with Crippen LogP contribution in [-0.2, 0) is 19.1 Å². The lowest BCUT2D eigenvalue weighted by atomic mass is 9.98. The van der Waals surface area contributed by atoms with Crippen molar-refractivity contribution in [1.29, 1.82) is 0 Å². The quantitative estimate of drug-likeness (QED) is 0.713. The second-order valence-electron chi connectivity index (χ2n) is 6.37. The zero-order valence-electron chi connectivity index (χ0n) is 15.4. The first-order chi connectivity index (χ1) is 13.5. The Hall–Kier alpha value is -3.35. The van der Waals surface area contributed by atoms with Crippen LogP contribution in [0.3, 0.4) is 0 Å². The van der Waals surface area contributed by atoms with Gasteiger partial charge in [0.05, 0.1) is 13.0 Å². The Labute approximate surface area is 162 Å². The molecule has 0 fully saturated rings. The SMILES string of the molecule is CCOC(=O)C[C@H](NC(=O)OCC1c2ccccc2-c2ccccc21)C(=O)O. The summed E-state index contributed by atoms with van der Waals surface area (Å²) in [5.74, 6) is -2.16. The van der Waals surface area contributed by atoms with Crippen molar-refractivity contribution in [1.82, 2.24) is 5.32 Å². The first kappa shape index (κ1) is 19.4. The fourth-order valence-electron chi connectivity index (χ4n) is 3.37. The van der Waals surface area contributed by atoms with Crippen molar-refractivity contribution in [3.63, 3.8) is 0 Å². The predicted molar refractivity (Wildman–Crippen MR) is 101 cm³/mol. The molecular weight excluding hydrogens is 362 g/mol. The lowest BCUT2D eigenvalue weighted by molar-refractivity contribution is -0.149. The van der Waals surface area contributed by atoms with Gasteiger partial charge in [0, 0.05) is 5.92 Å². The van der Waals surface area contributed by atoms with Crippen LogP contribution in [0.15, 0.2) is 48.5 Å². The van der Waals surface area contributed by atoms with E-state index in [1.165, 1.54) is 0 Å². The zero-order valence-corrected chi connectivity index (χ0v) is 15.4. The van der Waals surface area contributed by atoms with Crippen LogP contribution in [0.1, 0.15) is 30.4 Å². The molecule has 0 heterocycles. The molecule has 0 spiro atoms. The fraction of sp³-hybridized carbons (Fsp3) is 0.286. The number of fused-ring (bicyclic) bond motifs is 3. The van der Waals surface area contributed by atoms with Gasteiger partial charge in [0.25, 0.3) is 0 Å². The molecule has 0 bridgehead atoms. The summed E-state index contributed by atoms with van der Waals surface area (Å²) < 4.78 is 10.0. The summed E-state index contributed by atoms with van der Waals surface area (Å²) in [4.78, 5) is 34.9. The van der Waals surface area contributed by atoms with Gasteiger partial charge in [-0.3, -0.25) is 4.79 Å². The molecule has 3 rings (SSSR count). The average Bonchev–Trinajstić information content (AvgIpc) is 3.00. The van der Waals surface area contributed by atoms with Crippen LogP contribution in [0.25, 0.3) is 11.1 Å². The first-order valence-corrected chi connectivity index (χ1v) is 9.01. The fourth-order valence-corrected chi connectivity index (χ4v) is 3.37. The molecule has 0 radical (unpaired) electrons. The number of carboxylic acid groups (broad SMARTS) is 1. The van der Waals surface area contributed by atoms with Gasteiger partial charge in [0.15, 0.2) is 0 Å². The normalized spacial score (nSPS) is 13.2. The highest BCUT2D eigenvalue weighted by Gasteiger charge is 2.30. The Morgan fingerprint density at radius 1 is 1.00 bits per heavy atom. The lowest BCUT2D eigenvalue weighted by Gasteiger charge is -2.17.